The normalized spacial score (nSPS) is 12.7. The van der Waals surface area contributed by atoms with Crippen molar-refractivity contribution in [3.8, 4) is 0 Å². The molecule has 2 heterocycles. The average Bonchev–Trinajstić information content (AvgIpc) is 2.64. The summed E-state index contributed by atoms with van der Waals surface area (Å²) in [5.74, 6) is 0. The maximum atomic E-state index is 10.2. The summed E-state index contributed by atoms with van der Waals surface area (Å²) in [4.78, 5) is 5.38. The molecule has 2 aromatic heterocycles. The van der Waals surface area contributed by atoms with E-state index in [1.807, 2.05) is 37.4 Å². The van der Waals surface area contributed by atoms with Crippen molar-refractivity contribution in [2.45, 2.75) is 20.0 Å². The number of aryl methyl sites for hydroxylation is 2. The van der Waals surface area contributed by atoms with Gasteiger partial charge in [0.1, 0.15) is 6.10 Å². The molecule has 2 aromatic rings. The summed E-state index contributed by atoms with van der Waals surface area (Å²) in [5.41, 5.74) is 2.73. The van der Waals surface area contributed by atoms with Gasteiger partial charge in [0.15, 0.2) is 0 Å². The highest BCUT2D eigenvalue weighted by molar-refractivity contribution is 7.10. The molecule has 78 valence electrons. The SMILES string of the molecule is Cc1cccnc1C(O)c1ccsc1C. The standard InChI is InChI=1S/C12H13NOS/c1-8-4-3-6-13-11(8)12(14)10-5-7-15-9(10)2/h3-7,12,14H,1-2H3. The minimum absolute atomic E-state index is 0.600. The molecule has 2 rings (SSSR count). The highest BCUT2D eigenvalue weighted by Crippen LogP contribution is 2.28. The highest BCUT2D eigenvalue weighted by atomic mass is 32.1. The van der Waals surface area contributed by atoms with E-state index in [2.05, 4.69) is 4.98 Å². The molecular formula is C12H13NOS. The minimum atomic E-state index is -0.600. The van der Waals surface area contributed by atoms with Gasteiger partial charge in [-0.25, -0.2) is 0 Å². The van der Waals surface area contributed by atoms with E-state index in [1.54, 1.807) is 17.5 Å². The van der Waals surface area contributed by atoms with Crippen molar-refractivity contribution in [3.63, 3.8) is 0 Å². The molecule has 15 heavy (non-hydrogen) atoms. The third kappa shape index (κ3) is 1.94. The first-order chi connectivity index (χ1) is 7.20. The van der Waals surface area contributed by atoms with Gasteiger partial charge in [-0.05, 0) is 36.9 Å². The van der Waals surface area contributed by atoms with Crippen LogP contribution >= 0.6 is 11.3 Å². The van der Waals surface area contributed by atoms with Gasteiger partial charge in [-0.2, -0.15) is 0 Å². The summed E-state index contributed by atoms with van der Waals surface area (Å²) in [6.45, 7) is 3.98. The Bertz CT molecular complexity index is 464. The summed E-state index contributed by atoms with van der Waals surface area (Å²) in [5, 5.41) is 12.2. The van der Waals surface area contributed by atoms with Gasteiger partial charge in [-0.1, -0.05) is 6.07 Å². The first-order valence-corrected chi connectivity index (χ1v) is 5.71. The Kier molecular flexibility index (Phi) is 2.84. The second-order valence-corrected chi connectivity index (χ2v) is 4.66. The molecule has 0 saturated heterocycles. The topological polar surface area (TPSA) is 33.1 Å². The van der Waals surface area contributed by atoms with E-state index in [9.17, 15) is 5.11 Å². The van der Waals surface area contributed by atoms with Gasteiger partial charge in [0.25, 0.3) is 0 Å². The van der Waals surface area contributed by atoms with E-state index in [1.165, 1.54) is 0 Å². The fraction of sp³-hybridized carbons (Fsp3) is 0.250. The van der Waals surface area contributed by atoms with Crippen LogP contribution in [0.15, 0.2) is 29.8 Å². The van der Waals surface area contributed by atoms with Crippen LogP contribution in [0.25, 0.3) is 0 Å². The number of thiophene rings is 1. The van der Waals surface area contributed by atoms with Crippen molar-refractivity contribution in [1.82, 2.24) is 4.98 Å². The zero-order chi connectivity index (χ0) is 10.8. The van der Waals surface area contributed by atoms with Gasteiger partial charge >= 0.3 is 0 Å². The molecule has 0 aliphatic carbocycles. The predicted octanol–water partition coefficient (Wildman–Crippen LogP) is 2.84. The van der Waals surface area contributed by atoms with Crippen LogP contribution in [0.4, 0.5) is 0 Å². The zero-order valence-electron chi connectivity index (χ0n) is 8.77. The van der Waals surface area contributed by atoms with Crippen molar-refractivity contribution >= 4 is 11.3 Å². The maximum absolute atomic E-state index is 10.2. The van der Waals surface area contributed by atoms with Crippen LogP contribution in [0.1, 0.15) is 27.8 Å². The molecule has 0 fully saturated rings. The first kappa shape index (κ1) is 10.3. The Hall–Kier alpha value is -1.19. The highest BCUT2D eigenvalue weighted by Gasteiger charge is 2.16. The van der Waals surface area contributed by atoms with Crippen LogP contribution in [0.2, 0.25) is 0 Å². The quantitative estimate of drug-likeness (QED) is 0.842. The Morgan fingerprint density at radius 3 is 2.73 bits per heavy atom. The van der Waals surface area contributed by atoms with E-state index in [0.29, 0.717) is 0 Å². The first-order valence-electron chi connectivity index (χ1n) is 4.83. The number of pyridine rings is 1. The van der Waals surface area contributed by atoms with Crippen LogP contribution in [0.5, 0.6) is 0 Å². The lowest BCUT2D eigenvalue weighted by atomic mass is 10.0. The van der Waals surface area contributed by atoms with E-state index >= 15 is 0 Å². The van der Waals surface area contributed by atoms with Gasteiger partial charge in [-0.15, -0.1) is 11.3 Å². The Morgan fingerprint density at radius 2 is 2.13 bits per heavy atom. The predicted molar refractivity (Wildman–Crippen MR) is 62.1 cm³/mol. The summed E-state index contributed by atoms with van der Waals surface area (Å²) in [7, 11) is 0. The van der Waals surface area contributed by atoms with E-state index in [4.69, 9.17) is 0 Å². The molecule has 0 saturated carbocycles. The molecule has 0 bridgehead atoms. The lowest BCUT2D eigenvalue weighted by Gasteiger charge is -2.12. The molecular weight excluding hydrogens is 206 g/mol. The van der Waals surface area contributed by atoms with Gasteiger partial charge in [0, 0.05) is 16.6 Å². The molecule has 0 amide bonds. The number of hydrogen-bond donors (Lipinski definition) is 1. The molecule has 0 aliphatic rings. The van der Waals surface area contributed by atoms with Crippen LogP contribution in [0, 0.1) is 13.8 Å². The molecule has 1 unspecified atom stereocenters. The monoisotopic (exact) mass is 219 g/mol. The molecule has 3 heteroatoms. The van der Waals surface area contributed by atoms with Crippen molar-refractivity contribution in [1.29, 1.82) is 0 Å². The van der Waals surface area contributed by atoms with E-state index < -0.39 is 6.10 Å². The van der Waals surface area contributed by atoms with Crippen molar-refractivity contribution in [2.75, 3.05) is 0 Å². The molecule has 1 N–H and O–H groups in total. The largest absolute Gasteiger partial charge is 0.382 e. The summed E-state index contributed by atoms with van der Waals surface area (Å²) in [6, 6.07) is 5.80. The fourth-order valence-corrected chi connectivity index (χ4v) is 2.34. The minimum Gasteiger partial charge on any atom is -0.382 e. The van der Waals surface area contributed by atoms with Gasteiger partial charge in [0.2, 0.25) is 0 Å². The molecule has 0 spiro atoms. The molecule has 0 aliphatic heterocycles. The fourth-order valence-electron chi connectivity index (χ4n) is 1.61. The van der Waals surface area contributed by atoms with E-state index in [0.717, 1.165) is 21.7 Å². The third-order valence-corrected chi connectivity index (χ3v) is 3.36. The Labute approximate surface area is 93.2 Å². The van der Waals surface area contributed by atoms with E-state index in [-0.39, 0.29) is 0 Å². The Morgan fingerprint density at radius 1 is 1.33 bits per heavy atom. The van der Waals surface area contributed by atoms with Gasteiger partial charge in [-0.3, -0.25) is 4.98 Å². The number of aliphatic hydroxyl groups excluding tert-OH is 1. The van der Waals surface area contributed by atoms with Crippen LogP contribution in [-0.2, 0) is 0 Å². The zero-order valence-corrected chi connectivity index (χ0v) is 9.58. The summed E-state index contributed by atoms with van der Waals surface area (Å²) in [6.07, 6.45) is 1.12. The van der Waals surface area contributed by atoms with Crippen molar-refractivity contribution in [2.24, 2.45) is 0 Å². The van der Waals surface area contributed by atoms with Gasteiger partial charge in [0.05, 0.1) is 5.69 Å². The molecule has 0 aromatic carbocycles. The second kappa shape index (κ2) is 4.13. The number of hydrogen-bond acceptors (Lipinski definition) is 3. The second-order valence-electron chi connectivity index (χ2n) is 3.54. The average molecular weight is 219 g/mol. The summed E-state index contributed by atoms with van der Waals surface area (Å²) < 4.78 is 0. The number of aliphatic hydroxyl groups is 1. The maximum Gasteiger partial charge on any atom is 0.122 e. The van der Waals surface area contributed by atoms with Crippen LogP contribution in [0.3, 0.4) is 0 Å². The number of nitrogens with zero attached hydrogens (tertiary/aromatic N) is 1. The summed E-state index contributed by atoms with van der Waals surface area (Å²) >= 11 is 1.65. The van der Waals surface area contributed by atoms with Crippen molar-refractivity contribution in [3.05, 3.63) is 51.5 Å². The Balaban J connectivity index is 2.41. The van der Waals surface area contributed by atoms with Crippen LogP contribution in [-0.4, -0.2) is 10.1 Å². The molecule has 0 radical (unpaired) electrons. The lowest BCUT2D eigenvalue weighted by molar-refractivity contribution is 0.214. The smallest absolute Gasteiger partial charge is 0.122 e. The van der Waals surface area contributed by atoms with Crippen LogP contribution < -0.4 is 0 Å². The molecule has 2 nitrogen and oxygen atoms in total. The van der Waals surface area contributed by atoms with Crippen molar-refractivity contribution < 1.29 is 5.11 Å². The van der Waals surface area contributed by atoms with Gasteiger partial charge < -0.3 is 5.11 Å². The molecule has 1 atom stereocenters. The number of rotatable bonds is 2. The third-order valence-electron chi connectivity index (χ3n) is 2.50. The number of aromatic nitrogens is 1. The lowest BCUT2D eigenvalue weighted by Crippen LogP contribution is -2.04.